The Labute approximate surface area is 156 Å². The third kappa shape index (κ3) is 8.60. The summed E-state index contributed by atoms with van der Waals surface area (Å²) >= 11 is 0. The van der Waals surface area contributed by atoms with E-state index in [9.17, 15) is 27.2 Å². The summed E-state index contributed by atoms with van der Waals surface area (Å²) in [6.07, 6.45) is 1.12. The summed E-state index contributed by atoms with van der Waals surface area (Å²) in [7, 11) is -3.64. The van der Waals surface area contributed by atoms with Gasteiger partial charge in [-0.05, 0) is 25.5 Å². The molecule has 0 saturated heterocycles. The molecule has 27 heavy (non-hydrogen) atoms. The lowest BCUT2D eigenvalue weighted by Gasteiger charge is -2.13. The van der Waals surface area contributed by atoms with Crippen molar-refractivity contribution >= 4 is 33.6 Å². The summed E-state index contributed by atoms with van der Waals surface area (Å²) in [6.45, 7) is 2.30. The molecular formula is C16H22FN3O6S. The predicted molar refractivity (Wildman–Crippen MR) is 95.8 cm³/mol. The number of carbonyl (C=O) groups excluding carboxylic acids is 3. The van der Waals surface area contributed by atoms with Crippen LogP contribution in [-0.2, 0) is 24.3 Å². The molecule has 3 N–H and O–H groups in total. The van der Waals surface area contributed by atoms with Crippen LogP contribution in [-0.4, -0.2) is 44.7 Å². The molecule has 0 bridgehead atoms. The molecule has 9 nitrogen and oxygen atoms in total. The Morgan fingerprint density at radius 1 is 1.22 bits per heavy atom. The highest BCUT2D eigenvalue weighted by Crippen LogP contribution is 2.11. The van der Waals surface area contributed by atoms with Crippen LogP contribution < -0.4 is 15.4 Å². The molecule has 1 aromatic carbocycles. The van der Waals surface area contributed by atoms with Crippen LogP contribution in [0.1, 0.15) is 26.7 Å². The van der Waals surface area contributed by atoms with E-state index in [1.165, 1.54) is 25.1 Å². The molecule has 1 aromatic rings. The number of esters is 1. The number of hydrogen-bond acceptors (Lipinski definition) is 6. The van der Waals surface area contributed by atoms with Crippen LogP contribution in [0.5, 0.6) is 0 Å². The molecule has 0 aromatic heterocycles. The van der Waals surface area contributed by atoms with Crippen molar-refractivity contribution in [3.8, 4) is 0 Å². The van der Waals surface area contributed by atoms with Crippen molar-refractivity contribution in [1.82, 2.24) is 10.0 Å². The van der Waals surface area contributed by atoms with Crippen LogP contribution >= 0.6 is 0 Å². The number of anilines is 1. The minimum atomic E-state index is -3.64. The zero-order chi connectivity index (χ0) is 20.4. The molecule has 0 unspecified atom stereocenters. The second-order valence-corrected chi connectivity index (χ2v) is 7.48. The Morgan fingerprint density at radius 3 is 2.52 bits per heavy atom. The Bertz CT molecular complexity index is 784. The molecular weight excluding hydrogens is 381 g/mol. The fourth-order valence-corrected chi connectivity index (χ4v) is 3.27. The Kier molecular flexibility index (Phi) is 8.82. The van der Waals surface area contributed by atoms with E-state index < -0.39 is 46.4 Å². The summed E-state index contributed by atoms with van der Waals surface area (Å²) in [6, 6.07) is 3.15. The van der Waals surface area contributed by atoms with Gasteiger partial charge in [0.15, 0.2) is 6.61 Å². The second kappa shape index (κ2) is 10.6. The molecule has 0 aliphatic rings. The number of ether oxygens (including phenoxy) is 1. The van der Waals surface area contributed by atoms with Crippen LogP contribution in [0.4, 0.5) is 14.9 Å². The van der Waals surface area contributed by atoms with Crippen molar-refractivity contribution < 1.29 is 31.9 Å². The van der Waals surface area contributed by atoms with Crippen LogP contribution in [0.25, 0.3) is 0 Å². The summed E-state index contributed by atoms with van der Waals surface area (Å²) in [5, 5.41) is 3.98. The number of para-hydroxylation sites is 1. The first-order valence-corrected chi connectivity index (χ1v) is 9.82. The van der Waals surface area contributed by atoms with E-state index in [1.807, 2.05) is 12.2 Å². The van der Waals surface area contributed by atoms with Gasteiger partial charge in [-0.15, -0.1) is 0 Å². The van der Waals surface area contributed by atoms with Gasteiger partial charge in [-0.2, -0.15) is 0 Å². The number of benzene rings is 1. The molecule has 0 aliphatic heterocycles. The minimum Gasteiger partial charge on any atom is -0.454 e. The number of nitrogens with one attached hydrogen (secondary N) is 3. The number of carbonyl (C=O) groups is 3. The van der Waals surface area contributed by atoms with Gasteiger partial charge in [0.05, 0.1) is 11.4 Å². The van der Waals surface area contributed by atoms with Gasteiger partial charge in [-0.1, -0.05) is 25.5 Å². The van der Waals surface area contributed by atoms with Gasteiger partial charge in [0, 0.05) is 0 Å². The van der Waals surface area contributed by atoms with Crippen molar-refractivity contribution in [1.29, 1.82) is 0 Å². The lowest BCUT2D eigenvalue weighted by molar-refractivity contribution is -0.149. The number of unbranched alkanes of at least 4 members (excludes halogenated alkanes) is 1. The molecule has 0 heterocycles. The number of hydrogen-bond donors (Lipinski definition) is 3. The summed E-state index contributed by atoms with van der Waals surface area (Å²) in [5.41, 5.74) is -0.130. The van der Waals surface area contributed by atoms with Crippen LogP contribution in [0.15, 0.2) is 24.3 Å². The van der Waals surface area contributed by atoms with Gasteiger partial charge in [0.2, 0.25) is 10.0 Å². The average Bonchev–Trinajstić information content (AvgIpc) is 2.59. The fraction of sp³-hybridized carbons (Fsp3) is 0.438. The predicted octanol–water partition coefficient (Wildman–Crippen LogP) is 1.13. The van der Waals surface area contributed by atoms with E-state index in [0.29, 0.717) is 12.8 Å². The highest BCUT2D eigenvalue weighted by molar-refractivity contribution is 7.89. The summed E-state index contributed by atoms with van der Waals surface area (Å²) in [5.74, 6) is -2.74. The lowest BCUT2D eigenvalue weighted by atomic mass is 10.3. The third-order valence-corrected chi connectivity index (χ3v) is 4.74. The zero-order valence-electron chi connectivity index (χ0n) is 15.0. The van der Waals surface area contributed by atoms with Crippen LogP contribution in [0.2, 0.25) is 0 Å². The number of halogens is 1. The molecule has 0 fully saturated rings. The Morgan fingerprint density at radius 2 is 1.89 bits per heavy atom. The van der Waals surface area contributed by atoms with E-state index in [4.69, 9.17) is 0 Å². The maximum Gasteiger partial charge on any atom is 0.326 e. The molecule has 0 saturated carbocycles. The van der Waals surface area contributed by atoms with Crippen LogP contribution in [0.3, 0.4) is 0 Å². The summed E-state index contributed by atoms with van der Waals surface area (Å²) in [4.78, 5) is 34.9. The minimum absolute atomic E-state index is 0.127. The lowest BCUT2D eigenvalue weighted by Crippen LogP contribution is -2.42. The molecule has 0 radical (unpaired) electrons. The largest absolute Gasteiger partial charge is 0.454 e. The number of urea groups is 1. The van der Waals surface area contributed by atoms with Gasteiger partial charge in [0.25, 0.3) is 5.91 Å². The van der Waals surface area contributed by atoms with Gasteiger partial charge >= 0.3 is 12.0 Å². The average molecular weight is 403 g/mol. The first kappa shape index (κ1) is 22.5. The van der Waals surface area contributed by atoms with E-state index in [1.54, 1.807) is 0 Å². The standard InChI is InChI=1S/C16H22FN3O6S/c1-3-4-9-27(24,25)20-11(2)15(22)26-10-14(21)19-16(23)18-13-8-6-5-7-12(13)17/h5-8,11,20H,3-4,9-10H2,1-2H3,(H2,18,19,21,23)/t11-/m0/s1. The number of amides is 3. The first-order chi connectivity index (χ1) is 12.6. The van der Waals surface area contributed by atoms with Gasteiger partial charge in [-0.3, -0.25) is 14.9 Å². The number of sulfonamides is 1. The Hall–Kier alpha value is -2.53. The van der Waals surface area contributed by atoms with E-state index in [-0.39, 0.29) is 11.4 Å². The second-order valence-electron chi connectivity index (χ2n) is 5.60. The molecule has 1 rings (SSSR count). The zero-order valence-corrected chi connectivity index (χ0v) is 15.8. The number of rotatable bonds is 9. The molecule has 1 atom stereocenters. The smallest absolute Gasteiger partial charge is 0.326 e. The molecule has 0 spiro atoms. The first-order valence-electron chi connectivity index (χ1n) is 8.16. The third-order valence-electron chi connectivity index (χ3n) is 3.20. The molecule has 150 valence electrons. The maximum absolute atomic E-state index is 13.4. The highest BCUT2D eigenvalue weighted by Gasteiger charge is 2.22. The van der Waals surface area contributed by atoms with E-state index in [2.05, 4.69) is 14.8 Å². The fourth-order valence-electron chi connectivity index (χ4n) is 1.85. The van der Waals surface area contributed by atoms with Gasteiger partial charge < -0.3 is 10.1 Å². The SMILES string of the molecule is CCCCS(=O)(=O)N[C@@H](C)C(=O)OCC(=O)NC(=O)Nc1ccccc1F. The Balaban J connectivity index is 2.41. The summed E-state index contributed by atoms with van der Waals surface area (Å²) < 4.78 is 43.6. The van der Waals surface area contributed by atoms with Crippen molar-refractivity contribution in [3.63, 3.8) is 0 Å². The van der Waals surface area contributed by atoms with Gasteiger partial charge in [-0.25, -0.2) is 22.3 Å². The highest BCUT2D eigenvalue weighted by atomic mass is 32.2. The van der Waals surface area contributed by atoms with E-state index in [0.717, 1.165) is 6.07 Å². The van der Waals surface area contributed by atoms with Gasteiger partial charge in [0.1, 0.15) is 11.9 Å². The maximum atomic E-state index is 13.4. The molecule has 11 heteroatoms. The monoisotopic (exact) mass is 403 g/mol. The topological polar surface area (TPSA) is 131 Å². The van der Waals surface area contributed by atoms with Crippen molar-refractivity contribution in [2.75, 3.05) is 17.7 Å². The number of imide groups is 1. The van der Waals surface area contributed by atoms with Crippen molar-refractivity contribution in [2.24, 2.45) is 0 Å². The van der Waals surface area contributed by atoms with E-state index >= 15 is 0 Å². The molecule has 3 amide bonds. The van der Waals surface area contributed by atoms with Crippen molar-refractivity contribution in [2.45, 2.75) is 32.7 Å². The normalized spacial score (nSPS) is 12.1. The van der Waals surface area contributed by atoms with Crippen molar-refractivity contribution in [3.05, 3.63) is 30.1 Å². The quantitative estimate of drug-likeness (QED) is 0.530. The van der Waals surface area contributed by atoms with Crippen LogP contribution in [0, 0.1) is 5.82 Å². The molecule has 0 aliphatic carbocycles.